The number of hydrogen-bond acceptors (Lipinski definition) is 4. The fourth-order valence-corrected chi connectivity index (χ4v) is 2.56. The van der Waals surface area contributed by atoms with Crippen molar-refractivity contribution in [3.05, 3.63) is 66.9 Å². The largest absolute Gasteiger partial charge is 0.438 e. The zero-order valence-corrected chi connectivity index (χ0v) is 12.8. The summed E-state index contributed by atoms with van der Waals surface area (Å²) in [5, 5.41) is 0. The van der Waals surface area contributed by atoms with Gasteiger partial charge in [-0.15, -0.1) is 0 Å². The Labute approximate surface area is 137 Å². The minimum atomic E-state index is -0.292. The van der Waals surface area contributed by atoms with Gasteiger partial charge in [-0.25, -0.2) is 14.4 Å². The smallest absolute Gasteiger partial charge is 0.237 e. The summed E-state index contributed by atoms with van der Waals surface area (Å²) in [6, 6.07) is 12.1. The standard InChI is InChI=1S/C18H13FN4O/c1-23-16-7-4-13(19)10-15(16)22-18(23)12-2-5-14(6-3-12)24-17-11-20-8-9-21-17/h2-11H,1H3. The van der Waals surface area contributed by atoms with E-state index in [2.05, 4.69) is 15.0 Å². The molecule has 118 valence electrons. The Bertz CT molecular complexity index is 997. The molecule has 2 aromatic heterocycles. The SMILES string of the molecule is Cn1c(-c2ccc(Oc3cnccn3)cc2)nc2cc(F)ccc21. The molecule has 24 heavy (non-hydrogen) atoms. The highest BCUT2D eigenvalue weighted by Crippen LogP contribution is 2.27. The quantitative estimate of drug-likeness (QED) is 0.573. The van der Waals surface area contributed by atoms with Gasteiger partial charge in [0.1, 0.15) is 17.4 Å². The topological polar surface area (TPSA) is 52.8 Å². The Hall–Kier alpha value is -3.28. The molecule has 0 bridgehead atoms. The zero-order valence-electron chi connectivity index (χ0n) is 12.8. The number of halogens is 1. The molecule has 5 nitrogen and oxygen atoms in total. The third-order valence-corrected chi connectivity index (χ3v) is 3.72. The Morgan fingerprint density at radius 1 is 1.04 bits per heavy atom. The van der Waals surface area contributed by atoms with E-state index in [1.165, 1.54) is 12.1 Å². The van der Waals surface area contributed by atoms with E-state index in [4.69, 9.17) is 4.74 Å². The van der Waals surface area contributed by atoms with Crippen LogP contribution in [0.3, 0.4) is 0 Å². The summed E-state index contributed by atoms with van der Waals surface area (Å²) in [5.74, 6) is 1.56. The first-order valence-corrected chi connectivity index (χ1v) is 7.37. The zero-order chi connectivity index (χ0) is 16.5. The molecule has 0 aliphatic heterocycles. The number of aromatic nitrogens is 4. The summed E-state index contributed by atoms with van der Waals surface area (Å²) < 4.78 is 20.9. The van der Waals surface area contributed by atoms with Crippen LogP contribution >= 0.6 is 0 Å². The number of fused-ring (bicyclic) bond motifs is 1. The van der Waals surface area contributed by atoms with Crippen molar-refractivity contribution in [2.24, 2.45) is 7.05 Å². The first kappa shape index (κ1) is 14.3. The molecule has 0 amide bonds. The second kappa shape index (κ2) is 5.73. The van der Waals surface area contributed by atoms with Crippen molar-refractivity contribution in [2.45, 2.75) is 0 Å². The van der Waals surface area contributed by atoms with Crippen molar-refractivity contribution in [3.63, 3.8) is 0 Å². The maximum atomic E-state index is 13.4. The molecule has 2 aromatic carbocycles. The summed E-state index contributed by atoms with van der Waals surface area (Å²) in [5.41, 5.74) is 2.43. The van der Waals surface area contributed by atoms with Gasteiger partial charge in [0.15, 0.2) is 0 Å². The molecule has 0 aliphatic rings. The third-order valence-electron chi connectivity index (χ3n) is 3.72. The molecule has 2 heterocycles. The molecule has 0 spiro atoms. The number of ether oxygens (including phenoxy) is 1. The van der Waals surface area contributed by atoms with E-state index in [0.717, 1.165) is 16.9 Å². The molecule has 0 N–H and O–H groups in total. The van der Waals surface area contributed by atoms with Crippen LogP contribution in [-0.2, 0) is 7.05 Å². The molecule has 4 aromatic rings. The average molecular weight is 320 g/mol. The van der Waals surface area contributed by atoms with Crippen LogP contribution < -0.4 is 4.74 Å². The highest BCUT2D eigenvalue weighted by atomic mass is 19.1. The second-order valence-corrected chi connectivity index (χ2v) is 5.30. The first-order valence-electron chi connectivity index (χ1n) is 7.37. The lowest BCUT2D eigenvalue weighted by atomic mass is 10.2. The lowest BCUT2D eigenvalue weighted by Gasteiger charge is -2.06. The van der Waals surface area contributed by atoms with Crippen molar-refractivity contribution in [2.75, 3.05) is 0 Å². The molecular formula is C18H13FN4O. The molecule has 0 radical (unpaired) electrons. The van der Waals surface area contributed by atoms with E-state index in [0.29, 0.717) is 17.1 Å². The molecule has 0 unspecified atom stereocenters. The van der Waals surface area contributed by atoms with E-state index >= 15 is 0 Å². The van der Waals surface area contributed by atoms with Crippen LogP contribution in [0.2, 0.25) is 0 Å². The minimum absolute atomic E-state index is 0.292. The molecular weight excluding hydrogens is 307 g/mol. The molecule has 4 rings (SSSR count). The van der Waals surface area contributed by atoms with Gasteiger partial charge in [-0.1, -0.05) is 0 Å². The van der Waals surface area contributed by atoms with Crippen LogP contribution in [0.15, 0.2) is 61.1 Å². The van der Waals surface area contributed by atoms with Crippen molar-refractivity contribution in [3.8, 4) is 23.0 Å². The van der Waals surface area contributed by atoms with Crippen LogP contribution in [0.25, 0.3) is 22.4 Å². The predicted molar refractivity (Wildman–Crippen MR) is 88.2 cm³/mol. The van der Waals surface area contributed by atoms with E-state index in [-0.39, 0.29) is 5.82 Å². The Balaban J connectivity index is 1.66. The highest BCUT2D eigenvalue weighted by molar-refractivity contribution is 5.80. The number of imidazole rings is 1. The van der Waals surface area contributed by atoms with Crippen LogP contribution in [0.5, 0.6) is 11.6 Å². The van der Waals surface area contributed by atoms with Crippen LogP contribution in [0.4, 0.5) is 4.39 Å². The summed E-state index contributed by atoms with van der Waals surface area (Å²) in [7, 11) is 1.91. The van der Waals surface area contributed by atoms with Crippen molar-refractivity contribution in [1.29, 1.82) is 0 Å². The molecule has 0 saturated heterocycles. The molecule has 0 saturated carbocycles. The normalized spacial score (nSPS) is 10.9. The molecule has 0 fully saturated rings. The van der Waals surface area contributed by atoms with Gasteiger partial charge in [0.05, 0.1) is 17.2 Å². The van der Waals surface area contributed by atoms with Crippen LogP contribution in [0, 0.1) is 5.82 Å². The molecule has 0 aliphatic carbocycles. The van der Waals surface area contributed by atoms with Gasteiger partial charge in [-0.3, -0.25) is 4.98 Å². The van der Waals surface area contributed by atoms with Gasteiger partial charge in [0.2, 0.25) is 5.88 Å². The van der Waals surface area contributed by atoms with Crippen molar-refractivity contribution >= 4 is 11.0 Å². The summed E-state index contributed by atoms with van der Waals surface area (Å²) in [4.78, 5) is 12.5. The van der Waals surface area contributed by atoms with Gasteiger partial charge in [-0.2, -0.15) is 0 Å². The van der Waals surface area contributed by atoms with Crippen molar-refractivity contribution in [1.82, 2.24) is 19.5 Å². The molecule has 0 atom stereocenters. The molecule has 6 heteroatoms. The number of nitrogens with zero attached hydrogens (tertiary/aromatic N) is 4. The van der Waals surface area contributed by atoms with Gasteiger partial charge < -0.3 is 9.30 Å². The predicted octanol–water partition coefficient (Wildman–Crippen LogP) is 3.96. The first-order chi connectivity index (χ1) is 11.7. The highest BCUT2D eigenvalue weighted by Gasteiger charge is 2.10. The fourth-order valence-electron chi connectivity index (χ4n) is 2.56. The Kier molecular flexibility index (Phi) is 3.42. The Morgan fingerprint density at radius 3 is 2.62 bits per heavy atom. The lowest BCUT2D eigenvalue weighted by molar-refractivity contribution is 0.460. The lowest BCUT2D eigenvalue weighted by Crippen LogP contribution is -1.93. The van der Waals surface area contributed by atoms with Gasteiger partial charge in [-0.05, 0) is 36.4 Å². The van der Waals surface area contributed by atoms with E-state index in [1.54, 1.807) is 24.7 Å². The van der Waals surface area contributed by atoms with E-state index in [9.17, 15) is 4.39 Å². The number of benzene rings is 2. The summed E-state index contributed by atoms with van der Waals surface area (Å²) in [6.45, 7) is 0. The number of aryl methyl sites for hydroxylation is 1. The number of rotatable bonds is 3. The summed E-state index contributed by atoms with van der Waals surface area (Å²) in [6.07, 6.45) is 4.71. The number of hydrogen-bond donors (Lipinski definition) is 0. The summed E-state index contributed by atoms with van der Waals surface area (Å²) >= 11 is 0. The second-order valence-electron chi connectivity index (χ2n) is 5.30. The fraction of sp³-hybridized carbons (Fsp3) is 0.0556. The minimum Gasteiger partial charge on any atom is -0.438 e. The monoisotopic (exact) mass is 320 g/mol. The van der Waals surface area contributed by atoms with Gasteiger partial charge in [0, 0.05) is 31.1 Å². The van der Waals surface area contributed by atoms with Gasteiger partial charge >= 0.3 is 0 Å². The third kappa shape index (κ3) is 2.58. The van der Waals surface area contributed by atoms with Gasteiger partial charge in [0.25, 0.3) is 0 Å². The average Bonchev–Trinajstić information content (AvgIpc) is 2.92. The maximum absolute atomic E-state index is 13.4. The maximum Gasteiger partial charge on any atom is 0.237 e. The van der Waals surface area contributed by atoms with E-state index < -0.39 is 0 Å². The van der Waals surface area contributed by atoms with Crippen LogP contribution in [0.1, 0.15) is 0 Å². The van der Waals surface area contributed by atoms with Crippen molar-refractivity contribution < 1.29 is 9.13 Å². The van der Waals surface area contributed by atoms with E-state index in [1.807, 2.05) is 35.9 Å². The Morgan fingerprint density at radius 2 is 1.88 bits per heavy atom. The van der Waals surface area contributed by atoms with Crippen LogP contribution in [-0.4, -0.2) is 19.5 Å².